The van der Waals surface area contributed by atoms with Crippen molar-refractivity contribution in [2.75, 3.05) is 36.4 Å². The molecule has 4 aromatic rings. The molecule has 5 rings (SSSR count). The van der Waals surface area contributed by atoms with Crippen molar-refractivity contribution in [2.24, 2.45) is 0 Å². The zero-order valence-electron chi connectivity index (χ0n) is 15.6. The summed E-state index contributed by atoms with van der Waals surface area (Å²) in [5.74, 6) is 0.0243. The number of benzene rings is 1. The molecule has 1 fully saturated rings. The maximum atomic E-state index is 12.8. The largest absolute Gasteiger partial charge is 0.429 e. The molecule has 9 heteroatoms. The number of anilines is 2. The summed E-state index contributed by atoms with van der Waals surface area (Å²) >= 11 is 0. The molecule has 146 valence electrons. The smallest absolute Gasteiger partial charge is 0.293 e. The van der Waals surface area contributed by atoms with Crippen LogP contribution in [0.5, 0.6) is 0 Å². The Balaban J connectivity index is 1.39. The number of aromatic nitrogens is 4. The van der Waals surface area contributed by atoms with Crippen LogP contribution in [0.2, 0.25) is 0 Å². The Morgan fingerprint density at radius 2 is 2.00 bits per heavy atom. The van der Waals surface area contributed by atoms with Crippen molar-refractivity contribution in [3.63, 3.8) is 0 Å². The fraction of sp³-hybridized carbons (Fsp3) is 0.200. The standard InChI is InChI=1S/C20H19N7O2/c28-19(24-15-11-22-6-5-16(15)27-9-7-21-8-10-27)17-12-23-20(29-17)18-13-3-1-2-4-14(13)25-26-18/h1-6,11-12,21H,7-10H2,(H,24,28)(H,25,26). The molecule has 1 aliphatic rings. The van der Waals surface area contributed by atoms with Gasteiger partial charge in [-0.3, -0.25) is 14.9 Å². The molecule has 0 atom stereocenters. The number of nitrogens with one attached hydrogen (secondary N) is 3. The number of para-hydroxylation sites is 1. The van der Waals surface area contributed by atoms with Gasteiger partial charge in [0.1, 0.15) is 0 Å². The minimum atomic E-state index is -0.382. The van der Waals surface area contributed by atoms with E-state index in [4.69, 9.17) is 4.42 Å². The number of fused-ring (bicyclic) bond motifs is 1. The predicted molar refractivity (Wildman–Crippen MR) is 109 cm³/mol. The second kappa shape index (κ2) is 7.36. The molecule has 1 aliphatic heterocycles. The number of hydrogen-bond acceptors (Lipinski definition) is 7. The van der Waals surface area contributed by atoms with Gasteiger partial charge in [0.15, 0.2) is 5.69 Å². The lowest BCUT2D eigenvalue weighted by atomic mass is 10.2. The first-order valence-electron chi connectivity index (χ1n) is 9.40. The van der Waals surface area contributed by atoms with Crippen LogP contribution in [0.15, 0.2) is 53.3 Å². The molecule has 9 nitrogen and oxygen atoms in total. The van der Waals surface area contributed by atoms with E-state index in [-0.39, 0.29) is 11.7 Å². The lowest BCUT2D eigenvalue weighted by Crippen LogP contribution is -2.43. The van der Waals surface area contributed by atoms with Crippen LogP contribution in [0.25, 0.3) is 22.5 Å². The highest BCUT2D eigenvalue weighted by Crippen LogP contribution is 2.28. The van der Waals surface area contributed by atoms with Crippen LogP contribution in [0, 0.1) is 0 Å². The molecule has 0 aliphatic carbocycles. The Morgan fingerprint density at radius 3 is 2.90 bits per heavy atom. The highest BCUT2D eigenvalue weighted by molar-refractivity contribution is 6.04. The van der Waals surface area contributed by atoms with Crippen molar-refractivity contribution in [2.45, 2.75) is 0 Å². The molecular weight excluding hydrogens is 370 g/mol. The first kappa shape index (κ1) is 17.4. The molecule has 3 N–H and O–H groups in total. The maximum absolute atomic E-state index is 12.8. The average Bonchev–Trinajstić information content (AvgIpc) is 3.42. The molecule has 0 radical (unpaired) electrons. The summed E-state index contributed by atoms with van der Waals surface area (Å²) in [7, 11) is 0. The highest BCUT2D eigenvalue weighted by atomic mass is 16.4. The molecule has 0 bridgehead atoms. The number of aromatic amines is 1. The van der Waals surface area contributed by atoms with E-state index in [1.165, 1.54) is 6.20 Å². The number of pyridine rings is 1. The number of rotatable bonds is 4. The Bertz CT molecular complexity index is 1160. The first-order chi connectivity index (χ1) is 14.3. The number of H-pyrrole nitrogens is 1. The molecule has 1 aromatic carbocycles. The molecule has 1 amide bonds. The van der Waals surface area contributed by atoms with Crippen molar-refractivity contribution in [3.05, 3.63) is 54.7 Å². The van der Waals surface area contributed by atoms with Gasteiger partial charge in [0.05, 0.1) is 29.3 Å². The summed E-state index contributed by atoms with van der Waals surface area (Å²) in [5.41, 5.74) is 3.03. The van der Waals surface area contributed by atoms with Crippen LogP contribution >= 0.6 is 0 Å². The van der Waals surface area contributed by atoms with Gasteiger partial charge in [0, 0.05) is 37.8 Å². The molecule has 4 heterocycles. The Labute approximate surface area is 166 Å². The molecular formula is C20H19N7O2. The van der Waals surface area contributed by atoms with Crippen LogP contribution in [0.3, 0.4) is 0 Å². The second-order valence-electron chi connectivity index (χ2n) is 6.73. The van der Waals surface area contributed by atoms with Gasteiger partial charge in [0.2, 0.25) is 11.7 Å². The van der Waals surface area contributed by atoms with Crippen LogP contribution in [0.4, 0.5) is 11.4 Å². The highest BCUT2D eigenvalue weighted by Gasteiger charge is 2.20. The summed E-state index contributed by atoms with van der Waals surface area (Å²) in [6, 6.07) is 9.58. The number of carbonyl (C=O) groups excluding carboxylic acids is 1. The number of oxazole rings is 1. The third-order valence-corrected chi connectivity index (χ3v) is 4.91. The van der Waals surface area contributed by atoms with Crippen LogP contribution in [-0.2, 0) is 0 Å². The van der Waals surface area contributed by atoms with Crippen LogP contribution in [0.1, 0.15) is 10.6 Å². The Morgan fingerprint density at radius 1 is 1.14 bits per heavy atom. The molecule has 0 unspecified atom stereocenters. The third kappa shape index (κ3) is 3.32. The van der Waals surface area contributed by atoms with Gasteiger partial charge in [0.25, 0.3) is 5.91 Å². The zero-order valence-corrected chi connectivity index (χ0v) is 15.6. The normalized spacial score (nSPS) is 14.3. The van der Waals surface area contributed by atoms with E-state index in [0.29, 0.717) is 17.3 Å². The van der Waals surface area contributed by atoms with E-state index in [1.807, 2.05) is 30.3 Å². The molecule has 29 heavy (non-hydrogen) atoms. The van der Waals surface area contributed by atoms with E-state index in [9.17, 15) is 4.79 Å². The van der Waals surface area contributed by atoms with Gasteiger partial charge in [-0.2, -0.15) is 5.10 Å². The van der Waals surface area contributed by atoms with Gasteiger partial charge >= 0.3 is 0 Å². The molecule has 0 spiro atoms. The maximum Gasteiger partial charge on any atom is 0.293 e. The van der Waals surface area contributed by atoms with E-state index >= 15 is 0 Å². The van der Waals surface area contributed by atoms with E-state index in [0.717, 1.165) is 42.8 Å². The summed E-state index contributed by atoms with van der Waals surface area (Å²) in [6.07, 6.45) is 4.78. The van der Waals surface area contributed by atoms with Gasteiger partial charge in [-0.25, -0.2) is 4.98 Å². The van der Waals surface area contributed by atoms with Crippen LogP contribution < -0.4 is 15.5 Å². The van der Waals surface area contributed by atoms with Crippen molar-refractivity contribution in [3.8, 4) is 11.6 Å². The van der Waals surface area contributed by atoms with E-state index in [2.05, 4.69) is 35.7 Å². The third-order valence-electron chi connectivity index (χ3n) is 4.91. The van der Waals surface area contributed by atoms with E-state index < -0.39 is 0 Å². The lowest BCUT2D eigenvalue weighted by Gasteiger charge is -2.30. The van der Waals surface area contributed by atoms with Crippen molar-refractivity contribution < 1.29 is 9.21 Å². The minimum absolute atomic E-state index is 0.113. The number of hydrogen-bond donors (Lipinski definition) is 3. The average molecular weight is 389 g/mol. The first-order valence-corrected chi connectivity index (χ1v) is 9.40. The topological polar surface area (TPSA) is 112 Å². The monoisotopic (exact) mass is 389 g/mol. The number of carbonyl (C=O) groups is 1. The fourth-order valence-electron chi connectivity index (χ4n) is 3.46. The molecule has 0 saturated carbocycles. The summed E-state index contributed by atoms with van der Waals surface area (Å²) in [4.78, 5) is 23.4. The second-order valence-corrected chi connectivity index (χ2v) is 6.73. The number of nitrogens with zero attached hydrogens (tertiary/aromatic N) is 4. The zero-order chi connectivity index (χ0) is 19.6. The number of piperazine rings is 1. The summed E-state index contributed by atoms with van der Waals surface area (Å²) < 4.78 is 5.71. The quantitative estimate of drug-likeness (QED) is 0.491. The van der Waals surface area contributed by atoms with Gasteiger partial charge in [-0.05, 0) is 12.1 Å². The van der Waals surface area contributed by atoms with Crippen molar-refractivity contribution in [1.29, 1.82) is 0 Å². The fourth-order valence-corrected chi connectivity index (χ4v) is 3.46. The number of amides is 1. The summed E-state index contributed by atoms with van der Waals surface area (Å²) in [6.45, 7) is 3.54. The van der Waals surface area contributed by atoms with Gasteiger partial charge in [-0.1, -0.05) is 18.2 Å². The summed E-state index contributed by atoms with van der Waals surface area (Å²) in [5, 5.41) is 14.3. The Kier molecular flexibility index (Phi) is 4.41. The SMILES string of the molecule is O=C(Nc1cnccc1N1CCNCC1)c1cnc(-c2n[nH]c3ccccc23)o1. The molecule has 1 saturated heterocycles. The lowest BCUT2D eigenvalue weighted by molar-refractivity contribution is 0.0997. The predicted octanol–water partition coefficient (Wildman–Crippen LogP) is 2.27. The van der Waals surface area contributed by atoms with Gasteiger partial charge < -0.3 is 20.0 Å². The Hall–Kier alpha value is -3.72. The van der Waals surface area contributed by atoms with Crippen molar-refractivity contribution >= 4 is 28.2 Å². The minimum Gasteiger partial charge on any atom is -0.429 e. The molecule has 3 aromatic heterocycles. The van der Waals surface area contributed by atoms with E-state index in [1.54, 1.807) is 12.4 Å². The van der Waals surface area contributed by atoms with Crippen molar-refractivity contribution in [1.82, 2.24) is 25.5 Å². The van der Waals surface area contributed by atoms with Crippen LogP contribution in [-0.4, -0.2) is 52.3 Å². The van der Waals surface area contributed by atoms with Gasteiger partial charge in [-0.15, -0.1) is 0 Å².